The molecule has 1 aromatic heterocycles. The van der Waals surface area contributed by atoms with Crippen LogP contribution in [-0.2, 0) is 23.1 Å². The van der Waals surface area contributed by atoms with Crippen LogP contribution in [0.1, 0.15) is 24.5 Å². The number of aromatic nitrogens is 3. The summed E-state index contributed by atoms with van der Waals surface area (Å²) >= 11 is 0. The molecule has 1 fully saturated rings. The van der Waals surface area contributed by atoms with Crippen LogP contribution >= 0.6 is 0 Å². The Hall–Kier alpha value is -1.93. The maximum atomic E-state index is 5.71. The van der Waals surface area contributed by atoms with Gasteiger partial charge in [-0.25, -0.2) is 4.99 Å². The highest BCUT2D eigenvalue weighted by molar-refractivity contribution is 5.79. The number of nitrogens with zero attached hydrogens (tertiary/aromatic N) is 4. The van der Waals surface area contributed by atoms with E-state index < -0.39 is 0 Å². The van der Waals surface area contributed by atoms with Crippen molar-refractivity contribution in [3.8, 4) is 0 Å². The lowest BCUT2D eigenvalue weighted by atomic mass is 10.1. The summed E-state index contributed by atoms with van der Waals surface area (Å²) in [6.45, 7) is 10.8. The van der Waals surface area contributed by atoms with Crippen molar-refractivity contribution in [2.75, 3.05) is 39.5 Å². The van der Waals surface area contributed by atoms with E-state index in [4.69, 9.17) is 9.47 Å². The molecule has 1 saturated heterocycles. The number of ether oxygens (including phenoxy) is 2. The lowest BCUT2D eigenvalue weighted by molar-refractivity contribution is 0.0888. The minimum absolute atomic E-state index is 0.474. The molecule has 0 spiro atoms. The van der Waals surface area contributed by atoms with Crippen molar-refractivity contribution in [2.24, 2.45) is 18.0 Å². The molecule has 1 aromatic rings. The number of hydrogen-bond acceptors (Lipinski definition) is 5. The highest BCUT2D eigenvalue weighted by Gasteiger charge is 2.15. The van der Waals surface area contributed by atoms with E-state index in [0.29, 0.717) is 19.0 Å². The van der Waals surface area contributed by atoms with Crippen LogP contribution in [0.5, 0.6) is 0 Å². The molecule has 1 aliphatic heterocycles. The van der Waals surface area contributed by atoms with Crippen molar-refractivity contribution in [3.05, 3.63) is 24.3 Å². The number of aliphatic imine (C=N–C) groups is 1. The summed E-state index contributed by atoms with van der Waals surface area (Å²) in [5, 5.41) is 14.7. The molecule has 1 unspecified atom stereocenters. The molecule has 0 radical (unpaired) electrons. The summed E-state index contributed by atoms with van der Waals surface area (Å²) in [6, 6.07) is 0. The molecule has 0 saturated carbocycles. The van der Waals surface area contributed by atoms with Crippen LogP contribution in [0.15, 0.2) is 17.6 Å². The van der Waals surface area contributed by atoms with Crippen molar-refractivity contribution in [2.45, 2.75) is 26.3 Å². The zero-order valence-electron chi connectivity index (χ0n) is 15.3. The van der Waals surface area contributed by atoms with Crippen molar-refractivity contribution < 1.29 is 9.47 Å². The Kier molecular flexibility index (Phi) is 8.41. The molecule has 25 heavy (non-hydrogen) atoms. The first kappa shape index (κ1) is 19.4. The topological polar surface area (TPSA) is 85.6 Å². The Morgan fingerprint density at radius 1 is 1.48 bits per heavy atom. The molecular formula is C17H30N6O2. The molecule has 0 amide bonds. The van der Waals surface area contributed by atoms with Crippen LogP contribution in [0.3, 0.4) is 0 Å². The Morgan fingerprint density at radius 3 is 3.04 bits per heavy atom. The average molecular weight is 350 g/mol. The molecule has 0 bridgehead atoms. The predicted octanol–water partition coefficient (Wildman–Crippen LogP) is 0.788. The van der Waals surface area contributed by atoms with Gasteiger partial charge in [-0.3, -0.25) is 0 Å². The summed E-state index contributed by atoms with van der Waals surface area (Å²) in [6.07, 6.45) is 3.84. The van der Waals surface area contributed by atoms with Gasteiger partial charge in [0.2, 0.25) is 0 Å². The van der Waals surface area contributed by atoms with Gasteiger partial charge in [0.05, 0.1) is 13.2 Å². The third-order valence-corrected chi connectivity index (χ3v) is 4.11. The quantitative estimate of drug-likeness (QED) is 0.281. The average Bonchev–Trinajstić information content (AvgIpc) is 3.24. The summed E-state index contributed by atoms with van der Waals surface area (Å²) in [4.78, 5) is 4.55. The van der Waals surface area contributed by atoms with E-state index in [9.17, 15) is 0 Å². The molecule has 1 atom stereocenters. The molecule has 0 aromatic carbocycles. The van der Waals surface area contributed by atoms with Crippen molar-refractivity contribution in [3.63, 3.8) is 0 Å². The van der Waals surface area contributed by atoms with E-state index in [1.165, 1.54) is 0 Å². The highest BCUT2D eigenvalue weighted by atomic mass is 16.5. The van der Waals surface area contributed by atoms with Gasteiger partial charge >= 0.3 is 0 Å². The SMILES string of the molecule is C=CCNC(=NCc1nnc(C)n1C)NCCCOCC1CCOC1. The van der Waals surface area contributed by atoms with Crippen molar-refractivity contribution >= 4 is 5.96 Å². The molecule has 2 heterocycles. The predicted molar refractivity (Wildman–Crippen MR) is 97.4 cm³/mol. The van der Waals surface area contributed by atoms with Crippen molar-refractivity contribution in [1.82, 2.24) is 25.4 Å². The van der Waals surface area contributed by atoms with E-state index in [0.717, 1.165) is 63.4 Å². The van der Waals surface area contributed by atoms with E-state index in [1.54, 1.807) is 6.08 Å². The lowest BCUT2D eigenvalue weighted by Gasteiger charge is -2.12. The van der Waals surface area contributed by atoms with Gasteiger partial charge in [-0.15, -0.1) is 16.8 Å². The molecule has 1 aliphatic rings. The number of nitrogens with one attached hydrogen (secondary N) is 2. The zero-order valence-corrected chi connectivity index (χ0v) is 15.3. The minimum Gasteiger partial charge on any atom is -0.381 e. The van der Waals surface area contributed by atoms with Gasteiger partial charge in [0, 0.05) is 39.3 Å². The standard InChI is InChI=1S/C17H30N6O2/c1-4-7-18-17(20-11-16-22-21-14(2)23(16)3)19-8-5-9-24-12-15-6-10-25-13-15/h4,15H,1,5-13H2,2-3H3,(H2,18,19,20). The first-order valence-electron chi connectivity index (χ1n) is 8.84. The maximum Gasteiger partial charge on any atom is 0.191 e. The Labute approximate surface area is 149 Å². The fraction of sp³-hybridized carbons (Fsp3) is 0.706. The molecular weight excluding hydrogens is 320 g/mol. The second-order valence-corrected chi connectivity index (χ2v) is 6.14. The van der Waals surface area contributed by atoms with Gasteiger partial charge in [0.1, 0.15) is 12.4 Å². The van der Waals surface area contributed by atoms with Gasteiger partial charge in [0.25, 0.3) is 0 Å². The summed E-state index contributed by atoms with van der Waals surface area (Å²) in [7, 11) is 1.94. The highest BCUT2D eigenvalue weighted by Crippen LogP contribution is 2.12. The molecule has 2 rings (SSSR count). The number of hydrogen-bond donors (Lipinski definition) is 2. The molecule has 2 N–H and O–H groups in total. The third-order valence-electron chi connectivity index (χ3n) is 4.11. The number of guanidine groups is 1. The van der Waals surface area contributed by atoms with Gasteiger partial charge < -0.3 is 24.7 Å². The Morgan fingerprint density at radius 2 is 2.36 bits per heavy atom. The lowest BCUT2D eigenvalue weighted by Crippen LogP contribution is -2.38. The van der Waals surface area contributed by atoms with Crippen LogP contribution < -0.4 is 10.6 Å². The van der Waals surface area contributed by atoms with Crippen LogP contribution in [0.25, 0.3) is 0 Å². The van der Waals surface area contributed by atoms with Crippen LogP contribution in [0, 0.1) is 12.8 Å². The van der Waals surface area contributed by atoms with Gasteiger partial charge in [0.15, 0.2) is 11.8 Å². The maximum absolute atomic E-state index is 5.71. The fourth-order valence-electron chi connectivity index (χ4n) is 2.43. The molecule has 8 heteroatoms. The smallest absolute Gasteiger partial charge is 0.191 e. The number of aryl methyl sites for hydroxylation is 1. The minimum atomic E-state index is 0.474. The van der Waals surface area contributed by atoms with E-state index >= 15 is 0 Å². The molecule has 0 aliphatic carbocycles. The van der Waals surface area contributed by atoms with E-state index in [-0.39, 0.29) is 0 Å². The second kappa shape index (κ2) is 10.8. The first-order chi connectivity index (χ1) is 12.2. The largest absolute Gasteiger partial charge is 0.381 e. The van der Waals surface area contributed by atoms with Gasteiger partial charge in [-0.05, 0) is 19.8 Å². The van der Waals surface area contributed by atoms with E-state index in [1.807, 2.05) is 18.5 Å². The fourth-order valence-corrected chi connectivity index (χ4v) is 2.43. The summed E-state index contributed by atoms with van der Waals surface area (Å²) in [5.41, 5.74) is 0. The van der Waals surface area contributed by atoms with Crippen LogP contribution in [-0.4, -0.2) is 60.2 Å². The summed E-state index contributed by atoms with van der Waals surface area (Å²) in [5.74, 6) is 3.02. The third kappa shape index (κ3) is 6.83. The first-order valence-corrected chi connectivity index (χ1v) is 8.84. The van der Waals surface area contributed by atoms with Gasteiger partial charge in [-0.1, -0.05) is 6.08 Å². The Bertz CT molecular complexity index is 551. The van der Waals surface area contributed by atoms with E-state index in [2.05, 4.69) is 32.4 Å². The number of rotatable bonds is 10. The van der Waals surface area contributed by atoms with Crippen LogP contribution in [0.2, 0.25) is 0 Å². The molecule has 8 nitrogen and oxygen atoms in total. The van der Waals surface area contributed by atoms with Crippen molar-refractivity contribution in [1.29, 1.82) is 0 Å². The van der Waals surface area contributed by atoms with Crippen LogP contribution in [0.4, 0.5) is 0 Å². The van der Waals surface area contributed by atoms with Gasteiger partial charge in [-0.2, -0.15) is 0 Å². The summed E-state index contributed by atoms with van der Waals surface area (Å²) < 4.78 is 13.0. The monoisotopic (exact) mass is 350 g/mol. The second-order valence-electron chi connectivity index (χ2n) is 6.14. The normalized spacial score (nSPS) is 17.7. The molecule has 140 valence electrons. The Balaban J connectivity index is 1.68. The zero-order chi connectivity index (χ0) is 17.9.